The summed E-state index contributed by atoms with van der Waals surface area (Å²) in [5, 5.41) is 8.34. The molecule has 4 nitrogen and oxygen atoms in total. The molecule has 0 bridgehead atoms. The van der Waals surface area contributed by atoms with Gasteiger partial charge in [-0.1, -0.05) is 88.7 Å². The van der Waals surface area contributed by atoms with Crippen molar-refractivity contribution < 1.29 is 0 Å². The summed E-state index contributed by atoms with van der Waals surface area (Å²) in [6.07, 6.45) is 7.11. The highest BCUT2D eigenvalue weighted by molar-refractivity contribution is 8.02. The van der Waals surface area contributed by atoms with Crippen LogP contribution >= 0.6 is 23.4 Å². The van der Waals surface area contributed by atoms with Gasteiger partial charge in [-0.2, -0.15) is 5.10 Å². The fraction of sp³-hybridized carbons (Fsp3) is 0.471. The molecule has 2 aromatic carbocycles. The summed E-state index contributed by atoms with van der Waals surface area (Å²) in [6.45, 7) is 19.7. The Morgan fingerprint density at radius 1 is 1.07 bits per heavy atom. The maximum absolute atomic E-state index is 6.78. The van der Waals surface area contributed by atoms with Gasteiger partial charge in [-0.25, -0.2) is 0 Å². The molecule has 1 atom stereocenters. The quantitative estimate of drug-likeness (QED) is 0.107. The highest BCUT2D eigenvalue weighted by Crippen LogP contribution is 2.32. The van der Waals surface area contributed by atoms with Gasteiger partial charge in [0.2, 0.25) is 0 Å². The van der Waals surface area contributed by atoms with Crippen LogP contribution in [0.5, 0.6) is 0 Å². The largest absolute Gasteiger partial charge is 0.375 e. The van der Waals surface area contributed by atoms with Crippen LogP contribution in [0.2, 0.25) is 5.02 Å². The molecule has 2 N–H and O–H groups in total. The Morgan fingerprint density at radius 3 is 2.30 bits per heavy atom. The van der Waals surface area contributed by atoms with E-state index in [1.165, 1.54) is 10.5 Å². The molecular weight excluding hydrogens is 532 g/mol. The second-order valence-corrected chi connectivity index (χ2v) is 13.0. The topological polar surface area (TPSA) is 48.8 Å². The molecule has 0 heterocycles. The van der Waals surface area contributed by atoms with E-state index in [9.17, 15) is 0 Å². The predicted molar refractivity (Wildman–Crippen MR) is 181 cm³/mol. The average molecular weight is 581 g/mol. The van der Waals surface area contributed by atoms with E-state index in [1.54, 1.807) is 11.8 Å². The number of hydrogen-bond donors (Lipinski definition) is 2. The van der Waals surface area contributed by atoms with Crippen molar-refractivity contribution in [3.8, 4) is 11.1 Å². The van der Waals surface area contributed by atoms with E-state index in [2.05, 4.69) is 113 Å². The van der Waals surface area contributed by atoms with E-state index in [0.29, 0.717) is 5.41 Å². The van der Waals surface area contributed by atoms with Crippen LogP contribution in [0, 0.1) is 5.41 Å². The molecule has 0 aliphatic rings. The van der Waals surface area contributed by atoms with Gasteiger partial charge in [0.05, 0.1) is 5.71 Å². The van der Waals surface area contributed by atoms with Crippen molar-refractivity contribution in [3.63, 3.8) is 0 Å². The Morgan fingerprint density at radius 2 is 1.75 bits per heavy atom. The van der Waals surface area contributed by atoms with E-state index in [-0.39, 0.29) is 6.17 Å². The summed E-state index contributed by atoms with van der Waals surface area (Å²) < 4.78 is 0. The van der Waals surface area contributed by atoms with Gasteiger partial charge in [0, 0.05) is 23.2 Å². The number of unbranched alkanes of at least 4 members (excludes halogenated alkanes) is 1. The predicted octanol–water partition coefficient (Wildman–Crippen LogP) is 9.65. The zero-order chi connectivity index (χ0) is 29.9. The number of hydrogen-bond acceptors (Lipinski definition) is 4. The van der Waals surface area contributed by atoms with Gasteiger partial charge in [-0.15, -0.1) is 11.8 Å². The Kier molecular flexibility index (Phi) is 13.5. The molecule has 6 heteroatoms. The third-order valence-electron chi connectivity index (χ3n) is 7.10. The lowest BCUT2D eigenvalue weighted by Gasteiger charge is -2.19. The third kappa shape index (κ3) is 10.5. The first-order valence-electron chi connectivity index (χ1n) is 14.3. The minimum atomic E-state index is -0.160. The first-order chi connectivity index (χ1) is 18.9. The number of benzene rings is 2. The Bertz CT molecular complexity index is 1220. The van der Waals surface area contributed by atoms with Gasteiger partial charge in [-0.3, -0.25) is 10.4 Å². The minimum absolute atomic E-state index is 0.160. The molecule has 0 spiro atoms. The highest BCUT2D eigenvalue weighted by atomic mass is 35.5. The van der Waals surface area contributed by atoms with Crippen LogP contribution in [0.3, 0.4) is 0 Å². The van der Waals surface area contributed by atoms with E-state index < -0.39 is 0 Å². The summed E-state index contributed by atoms with van der Waals surface area (Å²) in [5.74, 6) is 0.817. The number of halogens is 1. The SMILES string of the molecule is C=C(/C(=N\C(CCCC)N/N=C(/C)NC)c1ccc(-c2ccc(CCC(C)(C)C)cc2Cl)cc1)/C(C)=C(/C)SC. The monoisotopic (exact) mass is 580 g/mol. The Labute approximate surface area is 252 Å². The molecule has 0 aliphatic carbocycles. The van der Waals surface area contributed by atoms with E-state index in [1.807, 2.05) is 14.0 Å². The molecule has 0 aromatic heterocycles. The summed E-state index contributed by atoms with van der Waals surface area (Å²) >= 11 is 8.51. The Hall–Kier alpha value is -2.50. The second-order valence-electron chi connectivity index (χ2n) is 11.5. The minimum Gasteiger partial charge on any atom is -0.375 e. The molecule has 0 saturated carbocycles. The zero-order valence-corrected chi connectivity index (χ0v) is 27.6. The first-order valence-corrected chi connectivity index (χ1v) is 15.9. The highest BCUT2D eigenvalue weighted by Gasteiger charge is 2.16. The van der Waals surface area contributed by atoms with Crippen molar-refractivity contribution in [2.45, 2.75) is 86.7 Å². The van der Waals surface area contributed by atoms with Crippen molar-refractivity contribution in [2.75, 3.05) is 13.3 Å². The van der Waals surface area contributed by atoms with Crippen molar-refractivity contribution >= 4 is 34.9 Å². The van der Waals surface area contributed by atoms with Crippen LogP contribution in [0.4, 0.5) is 0 Å². The maximum Gasteiger partial charge on any atom is 0.134 e. The fourth-order valence-electron chi connectivity index (χ4n) is 4.08. The molecule has 0 aliphatic heterocycles. The summed E-state index contributed by atoms with van der Waals surface area (Å²) in [4.78, 5) is 6.43. The molecule has 1 unspecified atom stereocenters. The van der Waals surface area contributed by atoms with Crippen molar-refractivity contribution in [3.05, 3.63) is 81.2 Å². The molecule has 0 amide bonds. The standard InChI is InChI=1S/C34H49ClN4S/c1-11-12-13-32(39-38-26(5)36-9)37-33(24(3)23(2)25(4)40-10)29-17-15-28(16-18-29)30-19-14-27(22-31(30)35)20-21-34(6,7)8/h14-19,22,32,39H,3,11-13,20-21H2,1-2,4-10H3,(H,36,38)/b25-23-,37-33+. The number of nitrogens with one attached hydrogen (secondary N) is 2. The van der Waals surface area contributed by atoms with E-state index in [0.717, 1.165) is 76.5 Å². The molecule has 2 aromatic rings. The summed E-state index contributed by atoms with van der Waals surface area (Å²) in [6, 6.07) is 15.0. The number of nitrogens with zero attached hydrogens (tertiary/aromatic N) is 2. The van der Waals surface area contributed by atoms with Gasteiger partial charge < -0.3 is 5.32 Å². The molecule has 2 rings (SSSR count). The van der Waals surface area contributed by atoms with Crippen LogP contribution in [0.25, 0.3) is 11.1 Å². The van der Waals surface area contributed by atoms with Crippen LogP contribution in [0.1, 0.15) is 85.3 Å². The molecule has 0 saturated heterocycles. The smallest absolute Gasteiger partial charge is 0.134 e. The van der Waals surface area contributed by atoms with Gasteiger partial charge in [0.25, 0.3) is 0 Å². The lowest BCUT2D eigenvalue weighted by Crippen LogP contribution is -2.28. The molecule has 0 fully saturated rings. The number of aliphatic imine (C=N–C) groups is 1. The molecule has 0 radical (unpaired) electrons. The van der Waals surface area contributed by atoms with Crippen molar-refractivity contribution in [2.24, 2.45) is 15.5 Å². The third-order valence-corrected chi connectivity index (χ3v) is 8.33. The van der Waals surface area contributed by atoms with Gasteiger partial charge in [-0.05, 0) is 91.4 Å². The van der Waals surface area contributed by atoms with Crippen LogP contribution in [-0.4, -0.2) is 31.0 Å². The first kappa shape index (κ1) is 33.7. The average Bonchev–Trinajstić information content (AvgIpc) is 2.94. The van der Waals surface area contributed by atoms with Crippen LogP contribution in [0.15, 0.2) is 75.2 Å². The fourth-order valence-corrected chi connectivity index (χ4v) is 4.83. The number of hydrazone groups is 1. The van der Waals surface area contributed by atoms with Crippen LogP contribution < -0.4 is 10.7 Å². The summed E-state index contributed by atoms with van der Waals surface area (Å²) in [7, 11) is 1.87. The number of amidine groups is 1. The normalized spacial score (nSPS) is 14.1. The van der Waals surface area contributed by atoms with E-state index >= 15 is 0 Å². The van der Waals surface area contributed by atoms with Crippen molar-refractivity contribution in [1.29, 1.82) is 0 Å². The van der Waals surface area contributed by atoms with Gasteiger partial charge in [0.15, 0.2) is 0 Å². The molecule has 40 heavy (non-hydrogen) atoms. The van der Waals surface area contributed by atoms with Gasteiger partial charge in [0.1, 0.15) is 12.0 Å². The second kappa shape index (κ2) is 16.1. The number of thioether (sulfide) groups is 1. The summed E-state index contributed by atoms with van der Waals surface area (Å²) in [5.41, 5.74) is 11.0. The lowest BCUT2D eigenvalue weighted by molar-refractivity contribution is 0.378. The number of aryl methyl sites for hydroxylation is 1. The zero-order valence-electron chi connectivity index (χ0n) is 26.0. The van der Waals surface area contributed by atoms with Crippen molar-refractivity contribution in [1.82, 2.24) is 10.7 Å². The van der Waals surface area contributed by atoms with E-state index in [4.69, 9.17) is 16.6 Å². The lowest BCUT2D eigenvalue weighted by atomic mass is 9.88. The number of allylic oxidation sites excluding steroid dienone is 3. The van der Waals surface area contributed by atoms with Crippen LogP contribution in [-0.2, 0) is 6.42 Å². The Balaban J connectivity index is 2.48. The van der Waals surface area contributed by atoms with Gasteiger partial charge >= 0.3 is 0 Å². The molecule has 218 valence electrons. The molecular formula is C34H49ClN4S. The maximum atomic E-state index is 6.78. The number of rotatable bonds is 13.